The van der Waals surface area contributed by atoms with Gasteiger partial charge >= 0.3 is 0 Å². The quantitative estimate of drug-likeness (QED) is 0.194. The summed E-state index contributed by atoms with van der Waals surface area (Å²) in [6.07, 6.45) is 1.58. The number of para-hydroxylation sites is 1. The first-order valence-corrected chi connectivity index (χ1v) is 11.9. The van der Waals surface area contributed by atoms with Gasteiger partial charge in [-0.05, 0) is 66.6 Å². The van der Waals surface area contributed by atoms with Gasteiger partial charge in [-0.3, -0.25) is 4.79 Å². The van der Waals surface area contributed by atoms with Gasteiger partial charge in [0, 0.05) is 15.6 Å². The van der Waals surface area contributed by atoms with Crippen molar-refractivity contribution < 1.29 is 14.3 Å². The maximum absolute atomic E-state index is 12.5. The summed E-state index contributed by atoms with van der Waals surface area (Å²) in [5.41, 5.74) is 7.18. The number of hydrogen-bond donors (Lipinski definition) is 1. The molecule has 0 bridgehead atoms. The van der Waals surface area contributed by atoms with Crippen molar-refractivity contribution in [2.75, 3.05) is 0 Å². The second kappa shape index (κ2) is 12.0. The van der Waals surface area contributed by atoms with E-state index in [0.717, 1.165) is 21.2 Å². The smallest absolute Gasteiger partial charge is 0.271 e. The monoisotopic (exact) mass is 528 g/mol. The molecule has 0 aliphatic heterocycles. The van der Waals surface area contributed by atoms with E-state index in [2.05, 4.69) is 45.5 Å². The summed E-state index contributed by atoms with van der Waals surface area (Å²) in [4.78, 5) is 12.5. The highest BCUT2D eigenvalue weighted by atomic mass is 79.9. The molecule has 0 saturated heterocycles. The number of carbonyl (C=O) groups is 1. The van der Waals surface area contributed by atoms with Crippen LogP contribution >= 0.6 is 15.9 Å². The molecule has 0 aliphatic carbocycles. The fourth-order valence-corrected chi connectivity index (χ4v) is 3.50. The van der Waals surface area contributed by atoms with E-state index in [1.807, 2.05) is 60.7 Å². The number of nitrogens with zero attached hydrogens (tertiary/aromatic N) is 1. The third-order valence-corrected chi connectivity index (χ3v) is 5.77. The van der Waals surface area contributed by atoms with Gasteiger partial charge in [0.1, 0.15) is 24.7 Å². The number of ether oxygens (including phenoxy) is 2. The van der Waals surface area contributed by atoms with E-state index in [-0.39, 0.29) is 5.91 Å². The molecule has 1 amide bonds. The molecule has 0 spiro atoms. The van der Waals surface area contributed by atoms with E-state index in [1.54, 1.807) is 30.5 Å². The predicted molar refractivity (Wildman–Crippen MR) is 142 cm³/mol. The normalized spacial score (nSPS) is 10.8. The lowest BCUT2D eigenvalue weighted by molar-refractivity contribution is 0.0955. The first-order valence-electron chi connectivity index (χ1n) is 11.1. The van der Waals surface area contributed by atoms with E-state index in [9.17, 15) is 4.79 Å². The van der Waals surface area contributed by atoms with Crippen molar-refractivity contribution in [2.24, 2.45) is 5.10 Å². The lowest BCUT2D eigenvalue weighted by atomic mass is 10.2. The zero-order chi connectivity index (χ0) is 24.5. The Morgan fingerprint density at radius 3 is 2.17 bits per heavy atom. The Hall–Kier alpha value is -3.90. The van der Waals surface area contributed by atoms with Gasteiger partial charge in [-0.1, -0.05) is 70.0 Å². The number of aryl methyl sites for hydroxylation is 1. The molecule has 0 unspecified atom stereocenters. The Bertz CT molecular complexity index is 1290. The zero-order valence-electron chi connectivity index (χ0n) is 19.3. The molecule has 4 aromatic rings. The highest BCUT2D eigenvalue weighted by Crippen LogP contribution is 2.19. The van der Waals surface area contributed by atoms with Gasteiger partial charge in [0.05, 0.1) is 6.21 Å². The largest absolute Gasteiger partial charge is 0.489 e. The number of hydrazone groups is 1. The molecule has 0 atom stereocenters. The van der Waals surface area contributed by atoms with E-state index in [0.29, 0.717) is 30.3 Å². The van der Waals surface area contributed by atoms with Gasteiger partial charge in [0.15, 0.2) is 0 Å². The molecule has 0 aliphatic rings. The van der Waals surface area contributed by atoms with Crippen molar-refractivity contribution in [1.82, 2.24) is 5.43 Å². The van der Waals surface area contributed by atoms with Crippen LogP contribution < -0.4 is 14.9 Å². The van der Waals surface area contributed by atoms with Crippen LogP contribution in [0.15, 0.2) is 107 Å². The van der Waals surface area contributed by atoms with Crippen LogP contribution in [0.3, 0.4) is 0 Å². The van der Waals surface area contributed by atoms with Crippen LogP contribution in [0.4, 0.5) is 0 Å². The zero-order valence-corrected chi connectivity index (χ0v) is 20.9. The molecule has 6 heteroatoms. The van der Waals surface area contributed by atoms with Crippen molar-refractivity contribution in [3.8, 4) is 11.5 Å². The minimum atomic E-state index is -0.306. The molecule has 0 fully saturated rings. The Morgan fingerprint density at radius 2 is 1.46 bits per heavy atom. The van der Waals surface area contributed by atoms with E-state index < -0.39 is 0 Å². The molecule has 4 aromatic carbocycles. The van der Waals surface area contributed by atoms with Gasteiger partial charge < -0.3 is 9.47 Å². The Labute approximate surface area is 213 Å². The number of halogens is 1. The predicted octanol–water partition coefficient (Wildman–Crippen LogP) is 6.68. The van der Waals surface area contributed by atoms with Crippen LogP contribution in [0.2, 0.25) is 0 Å². The second-order valence-electron chi connectivity index (χ2n) is 7.95. The fraction of sp³-hybridized carbons (Fsp3) is 0.103. The highest BCUT2D eigenvalue weighted by Gasteiger charge is 2.06. The SMILES string of the molecule is Cc1ccc(COc2ccc(C(=O)N/N=C\c3ccccc3OCc3ccc(Br)cc3)cc2)cc1. The molecule has 4 rings (SSSR count). The van der Waals surface area contributed by atoms with E-state index in [4.69, 9.17) is 9.47 Å². The van der Waals surface area contributed by atoms with Gasteiger partial charge in [-0.2, -0.15) is 5.10 Å². The summed E-state index contributed by atoms with van der Waals surface area (Å²) in [5, 5.41) is 4.11. The number of hydrogen-bond acceptors (Lipinski definition) is 4. The maximum Gasteiger partial charge on any atom is 0.271 e. The molecular formula is C29H25BrN2O3. The molecule has 0 radical (unpaired) electrons. The van der Waals surface area contributed by atoms with Crippen LogP contribution in [-0.2, 0) is 13.2 Å². The molecular weight excluding hydrogens is 504 g/mol. The molecule has 0 saturated carbocycles. The van der Waals surface area contributed by atoms with Gasteiger partial charge in [-0.15, -0.1) is 0 Å². The first-order chi connectivity index (χ1) is 17.1. The van der Waals surface area contributed by atoms with Crippen molar-refractivity contribution in [3.05, 3.63) is 129 Å². The molecule has 0 aromatic heterocycles. The summed E-state index contributed by atoms with van der Waals surface area (Å²) in [7, 11) is 0. The van der Waals surface area contributed by atoms with Crippen molar-refractivity contribution >= 4 is 28.1 Å². The van der Waals surface area contributed by atoms with Crippen LogP contribution in [0.25, 0.3) is 0 Å². The number of carbonyl (C=O) groups excluding carboxylic acids is 1. The third-order valence-electron chi connectivity index (χ3n) is 5.24. The summed E-state index contributed by atoms with van der Waals surface area (Å²) >= 11 is 3.43. The molecule has 5 nitrogen and oxygen atoms in total. The Balaban J connectivity index is 1.30. The van der Waals surface area contributed by atoms with Crippen LogP contribution in [-0.4, -0.2) is 12.1 Å². The third kappa shape index (κ3) is 7.29. The van der Waals surface area contributed by atoms with Gasteiger partial charge in [-0.25, -0.2) is 5.43 Å². The summed E-state index contributed by atoms with van der Waals surface area (Å²) in [6.45, 7) is 2.96. The van der Waals surface area contributed by atoms with Crippen molar-refractivity contribution in [3.63, 3.8) is 0 Å². The minimum absolute atomic E-state index is 0.306. The number of amides is 1. The average molecular weight is 529 g/mol. The molecule has 1 N–H and O–H groups in total. The number of benzene rings is 4. The van der Waals surface area contributed by atoms with E-state index >= 15 is 0 Å². The Morgan fingerprint density at radius 1 is 0.829 bits per heavy atom. The van der Waals surface area contributed by atoms with Crippen LogP contribution in [0, 0.1) is 6.92 Å². The summed E-state index contributed by atoms with van der Waals surface area (Å²) in [5.74, 6) is 1.07. The lowest BCUT2D eigenvalue weighted by Gasteiger charge is -2.09. The Kier molecular flexibility index (Phi) is 8.30. The summed E-state index contributed by atoms with van der Waals surface area (Å²) in [6, 6.07) is 30.7. The standard InChI is InChI=1S/C29H25BrN2O3/c1-21-6-8-22(9-7-21)19-34-27-16-12-24(13-17-27)29(33)32-31-18-25-4-2-3-5-28(25)35-20-23-10-14-26(30)15-11-23/h2-18H,19-20H2,1H3,(H,32,33)/b31-18-. The van der Waals surface area contributed by atoms with Gasteiger partial charge in [0.25, 0.3) is 5.91 Å². The average Bonchev–Trinajstić information content (AvgIpc) is 2.89. The van der Waals surface area contributed by atoms with Crippen molar-refractivity contribution in [2.45, 2.75) is 20.1 Å². The number of rotatable bonds is 9. The minimum Gasteiger partial charge on any atom is -0.489 e. The fourth-order valence-electron chi connectivity index (χ4n) is 3.24. The molecule has 35 heavy (non-hydrogen) atoms. The van der Waals surface area contributed by atoms with E-state index in [1.165, 1.54) is 5.56 Å². The summed E-state index contributed by atoms with van der Waals surface area (Å²) < 4.78 is 12.8. The van der Waals surface area contributed by atoms with Crippen LogP contribution in [0.1, 0.15) is 32.6 Å². The maximum atomic E-state index is 12.5. The van der Waals surface area contributed by atoms with Crippen LogP contribution in [0.5, 0.6) is 11.5 Å². The number of nitrogens with one attached hydrogen (secondary N) is 1. The molecule has 176 valence electrons. The lowest BCUT2D eigenvalue weighted by Crippen LogP contribution is -2.17. The first kappa shape index (κ1) is 24.2. The van der Waals surface area contributed by atoms with Gasteiger partial charge in [0.2, 0.25) is 0 Å². The second-order valence-corrected chi connectivity index (χ2v) is 8.87. The molecule has 0 heterocycles. The topological polar surface area (TPSA) is 59.9 Å². The highest BCUT2D eigenvalue weighted by molar-refractivity contribution is 9.10. The van der Waals surface area contributed by atoms with Crippen molar-refractivity contribution in [1.29, 1.82) is 0 Å².